The van der Waals surface area contributed by atoms with Crippen molar-refractivity contribution in [2.24, 2.45) is 0 Å². The standard InChI is InChI=1S/C27H31ClN2O3/c1-27(2,3)19-9-7-18(8-10-19)22(30-13-5-4-6-14-30)17-29-26(32)25-16-23(31)21-15-20(28)11-12-24(21)33-25/h7-12,15-16,22H,4-6,13-14,17H2,1-3H3,(H,29,32)/t22-/m0/s1. The van der Waals surface area contributed by atoms with E-state index in [0.717, 1.165) is 25.9 Å². The fourth-order valence-electron chi connectivity index (χ4n) is 4.41. The molecule has 1 saturated heterocycles. The number of carbonyl (C=O) groups excluding carboxylic acids is 1. The zero-order chi connectivity index (χ0) is 23.6. The molecule has 1 N–H and O–H groups in total. The van der Waals surface area contributed by atoms with Crippen LogP contribution in [-0.2, 0) is 5.41 Å². The number of amides is 1. The quantitative estimate of drug-likeness (QED) is 0.523. The number of fused-ring (bicyclic) bond motifs is 1. The number of carbonyl (C=O) groups is 1. The van der Waals surface area contributed by atoms with Gasteiger partial charge >= 0.3 is 0 Å². The van der Waals surface area contributed by atoms with Crippen LogP contribution in [0.2, 0.25) is 5.02 Å². The summed E-state index contributed by atoms with van der Waals surface area (Å²) >= 11 is 5.98. The van der Waals surface area contributed by atoms with Crippen molar-refractivity contribution in [1.29, 1.82) is 0 Å². The monoisotopic (exact) mass is 466 g/mol. The Bertz CT molecular complexity index is 1190. The van der Waals surface area contributed by atoms with Gasteiger partial charge in [-0.05, 0) is 60.7 Å². The summed E-state index contributed by atoms with van der Waals surface area (Å²) in [7, 11) is 0. The summed E-state index contributed by atoms with van der Waals surface area (Å²) in [6.45, 7) is 9.07. The van der Waals surface area contributed by atoms with E-state index in [1.165, 1.54) is 23.6 Å². The average molecular weight is 467 g/mol. The second-order valence-electron chi connectivity index (χ2n) is 9.81. The van der Waals surface area contributed by atoms with Crippen molar-refractivity contribution in [3.63, 3.8) is 0 Å². The Hall–Kier alpha value is -2.63. The molecular formula is C27H31ClN2O3. The largest absolute Gasteiger partial charge is 0.451 e. The van der Waals surface area contributed by atoms with Crippen LogP contribution in [0.15, 0.2) is 57.7 Å². The predicted molar refractivity (Wildman–Crippen MR) is 133 cm³/mol. The molecule has 1 fully saturated rings. The van der Waals surface area contributed by atoms with Crippen LogP contribution in [0.1, 0.15) is 67.8 Å². The van der Waals surface area contributed by atoms with Crippen molar-refractivity contribution in [3.8, 4) is 0 Å². The van der Waals surface area contributed by atoms with Crippen LogP contribution in [0.5, 0.6) is 0 Å². The summed E-state index contributed by atoms with van der Waals surface area (Å²) < 4.78 is 5.71. The van der Waals surface area contributed by atoms with Crippen LogP contribution in [0.3, 0.4) is 0 Å². The lowest BCUT2D eigenvalue weighted by Crippen LogP contribution is -2.40. The lowest BCUT2D eigenvalue weighted by atomic mass is 9.86. The SMILES string of the molecule is CC(C)(C)c1ccc([C@H](CNC(=O)c2cc(=O)c3cc(Cl)ccc3o2)N2CCCCC2)cc1. The molecule has 5 nitrogen and oxygen atoms in total. The van der Waals surface area contributed by atoms with Crippen molar-refractivity contribution in [3.05, 3.63) is 80.7 Å². The van der Waals surface area contributed by atoms with E-state index >= 15 is 0 Å². The first-order chi connectivity index (χ1) is 15.7. The molecule has 0 radical (unpaired) electrons. The van der Waals surface area contributed by atoms with E-state index in [4.69, 9.17) is 16.0 Å². The van der Waals surface area contributed by atoms with Gasteiger partial charge in [0.25, 0.3) is 5.91 Å². The first kappa shape index (κ1) is 23.5. The Labute approximate surface area is 199 Å². The van der Waals surface area contributed by atoms with E-state index in [0.29, 0.717) is 22.5 Å². The smallest absolute Gasteiger partial charge is 0.287 e. The second-order valence-corrected chi connectivity index (χ2v) is 10.2. The predicted octanol–water partition coefficient (Wildman–Crippen LogP) is 5.70. The molecule has 0 bridgehead atoms. The Balaban J connectivity index is 1.55. The van der Waals surface area contributed by atoms with Gasteiger partial charge in [-0.3, -0.25) is 14.5 Å². The number of likely N-dealkylation sites (tertiary alicyclic amines) is 1. The number of benzene rings is 2. The molecule has 1 atom stereocenters. The van der Waals surface area contributed by atoms with Crippen molar-refractivity contribution < 1.29 is 9.21 Å². The topological polar surface area (TPSA) is 62.6 Å². The van der Waals surface area contributed by atoms with Gasteiger partial charge in [0.15, 0.2) is 11.2 Å². The van der Waals surface area contributed by atoms with Gasteiger partial charge in [-0.2, -0.15) is 0 Å². The Kier molecular flexibility index (Phi) is 6.91. The lowest BCUT2D eigenvalue weighted by molar-refractivity contribution is 0.0897. The zero-order valence-corrected chi connectivity index (χ0v) is 20.2. The van der Waals surface area contributed by atoms with E-state index in [2.05, 4.69) is 55.3 Å². The van der Waals surface area contributed by atoms with E-state index in [9.17, 15) is 9.59 Å². The third-order valence-corrected chi connectivity index (χ3v) is 6.60. The first-order valence-electron chi connectivity index (χ1n) is 11.6. The number of nitrogens with zero attached hydrogens (tertiary/aromatic N) is 1. The molecule has 2 aromatic carbocycles. The molecule has 33 heavy (non-hydrogen) atoms. The molecule has 174 valence electrons. The van der Waals surface area contributed by atoms with Crippen LogP contribution in [0.4, 0.5) is 0 Å². The van der Waals surface area contributed by atoms with E-state index < -0.39 is 5.91 Å². The summed E-state index contributed by atoms with van der Waals surface area (Å²) in [6.07, 6.45) is 3.56. The number of halogens is 1. The molecule has 3 aromatic rings. The second kappa shape index (κ2) is 9.70. The highest BCUT2D eigenvalue weighted by molar-refractivity contribution is 6.31. The van der Waals surface area contributed by atoms with Gasteiger partial charge in [-0.25, -0.2) is 0 Å². The molecule has 2 heterocycles. The van der Waals surface area contributed by atoms with Gasteiger partial charge in [-0.15, -0.1) is 0 Å². The maximum absolute atomic E-state index is 12.9. The van der Waals surface area contributed by atoms with Gasteiger partial charge < -0.3 is 9.73 Å². The summed E-state index contributed by atoms with van der Waals surface area (Å²) in [6, 6.07) is 14.8. The summed E-state index contributed by atoms with van der Waals surface area (Å²) in [5.41, 5.74) is 2.62. The van der Waals surface area contributed by atoms with Crippen molar-refractivity contribution in [1.82, 2.24) is 10.2 Å². The van der Waals surface area contributed by atoms with Crippen molar-refractivity contribution >= 4 is 28.5 Å². The zero-order valence-electron chi connectivity index (χ0n) is 19.5. The third-order valence-electron chi connectivity index (χ3n) is 6.36. The van der Waals surface area contributed by atoms with Crippen molar-refractivity contribution in [2.75, 3.05) is 19.6 Å². The van der Waals surface area contributed by atoms with Gasteiger partial charge in [0.05, 0.1) is 11.4 Å². The summed E-state index contributed by atoms with van der Waals surface area (Å²) in [5.74, 6) is -0.382. The van der Waals surface area contributed by atoms with E-state index in [1.54, 1.807) is 18.2 Å². The van der Waals surface area contributed by atoms with Crippen molar-refractivity contribution in [2.45, 2.75) is 51.5 Å². The van der Waals surface area contributed by atoms with E-state index in [1.807, 2.05) is 0 Å². The molecule has 1 amide bonds. The number of hydrogen-bond acceptors (Lipinski definition) is 4. The van der Waals surface area contributed by atoms with Crippen LogP contribution in [0, 0.1) is 0 Å². The van der Waals surface area contributed by atoms with Gasteiger partial charge in [0, 0.05) is 17.6 Å². The number of nitrogens with one attached hydrogen (secondary N) is 1. The average Bonchev–Trinajstić information content (AvgIpc) is 2.80. The minimum atomic E-state index is -0.391. The summed E-state index contributed by atoms with van der Waals surface area (Å²) in [4.78, 5) is 27.8. The van der Waals surface area contributed by atoms with E-state index in [-0.39, 0.29) is 22.6 Å². The molecule has 1 aromatic heterocycles. The minimum absolute atomic E-state index is 0.00953. The molecule has 0 aliphatic carbocycles. The molecule has 0 saturated carbocycles. The molecule has 4 rings (SSSR count). The fourth-order valence-corrected chi connectivity index (χ4v) is 4.58. The van der Waals surface area contributed by atoms with Gasteiger partial charge in [0.2, 0.25) is 0 Å². The molecule has 6 heteroatoms. The normalized spacial score (nSPS) is 16.0. The molecule has 1 aliphatic rings. The van der Waals surface area contributed by atoms with Gasteiger partial charge in [0.1, 0.15) is 5.58 Å². The molecular weight excluding hydrogens is 436 g/mol. The lowest BCUT2D eigenvalue weighted by Gasteiger charge is -2.35. The number of piperidine rings is 1. The van der Waals surface area contributed by atoms with Crippen LogP contribution in [0.25, 0.3) is 11.0 Å². The maximum Gasteiger partial charge on any atom is 0.287 e. The summed E-state index contributed by atoms with van der Waals surface area (Å²) in [5, 5.41) is 3.82. The Morgan fingerprint density at radius 2 is 1.76 bits per heavy atom. The Morgan fingerprint density at radius 1 is 1.06 bits per heavy atom. The van der Waals surface area contributed by atoms with Crippen LogP contribution in [-0.4, -0.2) is 30.4 Å². The van der Waals surface area contributed by atoms with Crippen LogP contribution >= 0.6 is 11.6 Å². The first-order valence-corrected chi connectivity index (χ1v) is 12.0. The van der Waals surface area contributed by atoms with Crippen LogP contribution < -0.4 is 10.7 Å². The highest BCUT2D eigenvalue weighted by atomic mass is 35.5. The minimum Gasteiger partial charge on any atom is -0.451 e. The fraction of sp³-hybridized carbons (Fsp3) is 0.407. The molecule has 1 aliphatic heterocycles. The Morgan fingerprint density at radius 3 is 2.42 bits per heavy atom. The highest BCUT2D eigenvalue weighted by Crippen LogP contribution is 2.28. The maximum atomic E-state index is 12.9. The highest BCUT2D eigenvalue weighted by Gasteiger charge is 2.24. The third kappa shape index (κ3) is 5.48. The number of rotatable bonds is 5. The number of hydrogen-bond donors (Lipinski definition) is 1. The molecule has 0 unspecified atom stereocenters. The molecule has 0 spiro atoms. The van der Waals surface area contributed by atoms with Gasteiger partial charge in [-0.1, -0.05) is 63.1 Å².